The summed E-state index contributed by atoms with van der Waals surface area (Å²) in [6.45, 7) is 9.54. The predicted molar refractivity (Wildman–Crippen MR) is 94.1 cm³/mol. The molecule has 1 aromatic carbocycles. The molecule has 0 radical (unpaired) electrons. The highest BCUT2D eigenvalue weighted by Gasteiger charge is 2.53. The minimum Gasteiger partial charge on any atom is -0.309 e. The zero-order chi connectivity index (χ0) is 16.1. The number of nitrogens with zero attached hydrogens (tertiary/aromatic N) is 1. The lowest BCUT2D eigenvalue weighted by atomic mass is 9.70. The van der Waals surface area contributed by atoms with Crippen molar-refractivity contribution in [1.82, 2.24) is 10.4 Å². The molecule has 0 bridgehead atoms. The van der Waals surface area contributed by atoms with Crippen LogP contribution in [0.5, 0.6) is 0 Å². The van der Waals surface area contributed by atoms with Gasteiger partial charge in [0.15, 0.2) is 0 Å². The normalized spacial score (nSPS) is 33.7. The quantitative estimate of drug-likeness (QED) is 0.903. The van der Waals surface area contributed by atoms with Crippen LogP contribution < -0.4 is 5.32 Å². The van der Waals surface area contributed by atoms with Gasteiger partial charge in [0.1, 0.15) is 0 Å². The molecular weight excluding hydrogens is 284 g/mol. The second kappa shape index (κ2) is 5.44. The summed E-state index contributed by atoms with van der Waals surface area (Å²) >= 11 is 0. The van der Waals surface area contributed by atoms with Gasteiger partial charge in [-0.3, -0.25) is 4.84 Å². The van der Waals surface area contributed by atoms with Crippen molar-refractivity contribution in [1.29, 1.82) is 0 Å². The fourth-order valence-electron chi connectivity index (χ4n) is 4.73. The van der Waals surface area contributed by atoms with Gasteiger partial charge in [-0.05, 0) is 57.2 Å². The van der Waals surface area contributed by atoms with Gasteiger partial charge in [0.05, 0.1) is 5.60 Å². The molecule has 3 atom stereocenters. The van der Waals surface area contributed by atoms with E-state index in [2.05, 4.69) is 67.6 Å². The van der Waals surface area contributed by atoms with Gasteiger partial charge in [0, 0.05) is 24.5 Å². The molecule has 3 aliphatic rings. The van der Waals surface area contributed by atoms with E-state index in [1.165, 1.54) is 24.0 Å². The molecular formula is C20H28N2O. The lowest BCUT2D eigenvalue weighted by Crippen LogP contribution is -2.58. The van der Waals surface area contributed by atoms with Gasteiger partial charge in [-0.25, -0.2) is 0 Å². The first kappa shape index (κ1) is 15.4. The van der Waals surface area contributed by atoms with Gasteiger partial charge in [0.25, 0.3) is 0 Å². The third-order valence-corrected chi connectivity index (χ3v) is 5.53. The van der Waals surface area contributed by atoms with Crippen LogP contribution in [0.1, 0.15) is 50.7 Å². The number of fused-ring (bicyclic) bond motifs is 2. The van der Waals surface area contributed by atoms with Crippen LogP contribution in [-0.4, -0.2) is 35.8 Å². The summed E-state index contributed by atoms with van der Waals surface area (Å²) in [5.74, 6) is 1.11. The van der Waals surface area contributed by atoms with E-state index in [1.54, 1.807) is 0 Å². The number of rotatable bonds is 2. The first-order valence-electron chi connectivity index (χ1n) is 8.94. The molecule has 2 heterocycles. The molecule has 0 saturated carbocycles. The van der Waals surface area contributed by atoms with Crippen LogP contribution in [0.2, 0.25) is 0 Å². The Bertz CT molecular complexity index is 618. The predicted octanol–water partition coefficient (Wildman–Crippen LogP) is 3.58. The van der Waals surface area contributed by atoms with Crippen molar-refractivity contribution in [3.8, 4) is 0 Å². The Morgan fingerprint density at radius 3 is 2.91 bits per heavy atom. The Balaban J connectivity index is 1.66. The number of piperidine rings is 1. The van der Waals surface area contributed by atoms with Crippen LogP contribution in [0.3, 0.4) is 0 Å². The fourth-order valence-corrected chi connectivity index (χ4v) is 4.73. The van der Waals surface area contributed by atoms with Crippen molar-refractivity contribution in [2.45, 2.75) is 50.7 Å². The van der Waals surface area contributed by atoms with Crippen molar-refractivity contribution in [2.75, 3.05) is 19.6 Å². The van der Waals surface area contributed by atoms with Crippen LogP contribution in [-0.2, 0) is 4.84 Å². The van der Waals surface area contributed by atoms with Crippen LogP contribution in [0, 0.1) is 5.92 Å². The van der Waals surface area contributed by atoms with Crippen molar-refractivity contribution < 1.29 is 4.84 Å². The van der Waals surface area contributed by atoms with E-state index in [1.807, 2.05) is 0 Å². The lowest BCUT2D eigenvalue weighted by molar-refractivity contribution is -0.220. The van der Waals surface area contributed by atoms with Crippen LogP contribution in [0.15, 0.2) is 30.3 Å². The Hall–Kier alpha value is -1.16. The van der Waals surface area contributed by atoms with Gasteiger partial charge in [-0.2, -0.15) is 5.06 Å². The molecule has 1 N–H and O–H groups in total. The molecule has 3 nitrogen and oxygen atoms in total. The zero-order valence-electron chi connectivity index (χ0n) is 14.5. The molecule has 23 heavy (non-hydrogen) atoms. The smallest absolute Gasteiger partial charge is 0.0815 e. The molecule has 2 aliphatic heterocycles. The molecule has 124 valence electrons. The third-order valence-electron chi connectivity index (χ3n) is 5.53. The number of hydrogen-bond acceptors (Lipinski definition) is 3. The van der Waals surface area contributed by atoms with Gasteiger partial charge in [-0.15, -0.1) is 0 Å². The summed E-state index contributed by atoms with van der Waals surface area (Å²) in [5.41, 5.74) is 2.85. The highest BCUT2D eigenvalue weighted by Crippen LogP contribution is 2.48. The largest absolute Gasteiger partial charge is 0.309 e. The number of benzene rings is 1. The van der Waals surface area contributed by atoms with Gasteiger partial charge in [0.2, 0.25) is 0 Å². The molecule has 2 saturated heterocycles. The Kier molecular flexibility index (Phi) is 3.63. The maximum Gasteiger partial charge on any atom is 0.0815 e. The second-order valence-electron chi connectivity index (χ2n) is 8.30. The second-order valence-corrected chi connectivity index (χ2v) is 8.30. The van der Waals surface area contributed by atoms with E-state index in [0.29, 0.717) is 11.8 Å². The standard InChI is InChI=1S/C20H28N2O/c1-19(2,3)23-22-13-16-8-6-12-21-20(16,14-22)18-11-10-15-7-4-5-9-17(15)18/h4-5,7,9-11,16,18,21H,6,8,12-14H2,1-3H3. The summed E-state index contributed by atoms with van der Waals surface area (Å²) < 4.78 is 0. The van der Waals surface area contributed by atoms with Crippen LogP contribution >= 0.6 is 0 Å². The number of nitrogens with one attached hydrogen (secondary N) is 1. The molecule has 0 aromatic heterocycles. The molecule has 0 amide bonds. The Morgan fingerprint density at radius 2 is 2.09 bits per heavy atom. The highest BCUT2D eigenvalue weighted by molar-refractivity contribution is 5.63. The Labute approximate surface area is 139 Å². The summed E-state index contributed by atoms with van der Waals surface area (Å²) in [6, 6.07) is 8.85. The summed E-state index contributed by atoms with van der Waals surface area (Å²) in [7, 11) is 0. The van der Waals surface area contributed by atoms with E-state index < -0.39 is 0 Å². The van der Waals surface area contributed by atoms with Gasteiger partial charge in [-0.1, -0.05) is 36.4 Å². The molecule has 1 aliphatic carbocycles. The lowest BCUT2D eigenvalue weighted by Gasteiger charge is -2.44. The van der Waals surface area contributed by atoms with Crippen molar-refractivity contribution >= 4 is 6.08 Å². The van der Waals surface area contributed by atoms with E-state index in [-0.39, 0.29) is 11.1 Å². The maximum atomic E-state index is 6.23. The molecule has 0 spiro atoms. The minimum absolute atomic E-state index is 0.118. The summed E-state index contributed by atoms with van der Waals surface area (Å²) in [5, 5.41) is 6.14. The molecule has 1 aromatic rings. The summed E-state index contributed by atoms with van der Waals surface area (Å²) in [4.78, 5) is 6.23. The van der Waals surface area contributed by atoms with E-state index in [4.69, 9.17) is 4.84 Å². The SMILES string of the molecule is CC(C)(C)ON1CC2CCCNC2(C2C=Cc3ccccc32)C1. The monoisotopic (exact) mass is 312 g/mol. The number of hydroxylamine groups is 2. The van der Waals surface area contributed by atoms with E-state index >= 15 is 0 Å². The first-order chi connectivity index (χ1) is 11.0. The number of hydrogen-bond donors (Lipinski definition) is 1. The van der Waals surface area contributed by atoms with E-state index in [0.717, 1.165) is 19.6 Å². The Morgan fingerprint density at radius 1 is 1.26 bits per heavy atom. The molecule has 3 heteroatoms. The van der Waals surface area contributed by atoms with Crippen molar-refractivity contribution in [3.63, 3.8) is 0 Å². The zero-order valence-corrected chi connectivity index (χ0v) is 14.5. The maximum absolute atomic E-state index is 6.23. The molecule has 2 fully saturated rings. The van der Waals surface area contributed by atoms with E-state index in [9.17, 15) is 0 Å². The van der Waals surface area contributed by atoms with Crippen LogP contribution in [0.4, 0.5) is 0 Å². The minimum atomic E-state index is -0.127. The van der Waals surface area contributed by atoms with Gasteiger partial charge >= 0.3 is 0 Å². The molecule has 3 unspecified atom stereocenters. The fraction of sp³-hybridized carbons (Fsp3) is 0.600. The molecule has 4 rings (SSSR count). The average molecular weight is 312 g/mol. The van der Waals surface area contributed by atoms with Gasteiger partial charge < -0.3 is 5.32 Å². The van der Waals surface area contributed by atoms with Crippen molar-refractivity contribution in [2.24, 2.45) is 5.92 Å². The summed E-state index contributed by atoms with van der Waals surface area (Å²) in [6.07, 6.45) is 7.28. The van der Waals surface area contributed by atoms with Crippen LogP contribution in [0.25, 0.3) is 6.08 Å². The highest BCUT2D eigenvalue weighted by atomic mass is 16.7. The third kappa shape index (κ3) is 2.65. The average Bonchev–Trinajstić information content (AvgIpc) is 3.06. The topological polar surface area (TPSA) is 24.5 Å². The first-order valence-corrected chi connectivity index (χ1v) is 8.94. The van der Waals surface area contributed by atoms with Crippen molar-refractivity contribution in [3.05, 3.63) is 41.5 Å².